The van der Waals surface area contributed by atoms with Crippen LogP contribution in [-0.2, 0) is 6.42 Å². The summed E-state index contributed by atoms with van der Waals surface area (Å²) in [6.07, 6.45) is 2.61. The van der Waals surface area contributed by atoms with Gasteiger partial charge < -0.3 is 4.74 Å². The monoisotopic (exact) mass is 242 g/mol. The lowest BCUT2D eigenvalue weighted by atomic mass is 10.1. The Bertz CT molecular complexity index is 506. The van der Waals surface area contributed by atoms with Crippen LogP contribution < -0.4 is 4.74 Å². The maximum absolute atomic E-state index is 5.15. The van der Waals surface area contributed by atoms with E-state index < -0.39 is 0 Å². The van der Waals surface area contributed by atoms with Crippen molar-refractivity contribution in [2.75, 3.05) is 7.11 Å². The minimum Gasteiger partial charge on any atom is -0.497 e. The van der Waals surface area contributed by atoms with Gasteiger partial charge in [0, 0.05) is 11.3 Å². The van der Waals surface area contributed by atoms with E-state index in [0.717, 1.165) is 29.1 Å². The molecule has 0 saturated heterocycles. The summed E-state index contributed by atoms with van der Waals surface area (Å²) >= 11 is 0. The number of aromatic nitrogens is 2. The van der Waals surface area contributed by atoms with Gasteiger partial charge in [-0.2, -0.15) is 0 Å². The maximum Gasteiger partial charge on any atom is 0.118 e. The largest absolute Gasteiger partial charge is 0.497 e. The molecule has 0 aliphatic carbocycles. The molecule has 0 amide bonds. The van der Waals surface area contributed by atoms with E-state index in [1.54, 1.807) is 13.4 Å². The Kier molecular flexibility index (Phi) is 3.92. The summed E-state index contributed by atoms with van der Waals surface area (Å²) in [4.78, 5) is 8.62. The van der Waals surface area contributed by atoms with Gasteiger partial charge in [-0.05, 0) is 42.7 Å². The zero-order valence-corrected chi connectivity index (χ0v) is 11.1. The Labute approximate surface area is 108 Å². The average molecular weight is 242 g/mol. The van der Waals surface area contributed by atoms with Crippen LogP contribution in [0.2, 0.25) is 0 Å². The fraction of sp³-hybridized carbons (Fsp3) is 0.333. The van der Waals surface area contributed by atoms with Gasteiger partial charge in [-0.3, -0.25) is 0 Å². The molecule has 0 spiro atoms. The van der Waals surface area contributed by atoms with Gasteiger partial charge in [0.2, 0.25) is 0 Å². The molecule has 0 unspecified atom stereocenters. The number of methoxy groups -OCH3 is 1. The SMILES string of the molecule is COc1ccc(-c2cc(CC(C)C)ncn2)cc1. The highest BCUT2D eigenvalue weighted by atomic mass is 16.5. The molecule has 2 aromatic rings. The first kappa shape index (κ1) is 12.6. The summed E-state index contributed by atoms with van der Waals surface area (Å²) in [5.41, 5.74) is 3.14. The predicted molar refractivity (Wildman–Crippen MR) is 72.6 cm³/mol. The molecule has 3 heteroatoms. The Morgan fingerprint density at radius 1 is 1.11 bits per heavy atom. The van der Waals surface area contributed by atoms with Crippen LogP contribution in [0.1, 0.15) is 19.5 Å². The third-order valence-corrected chi connectivity index (χ3v) is 2.73. The van der Waals surface area contributed by atoms with E-state index in [-0.39, 0.29) is 0 Å². The molecule has 18 heavy (non-hydrogen) atoms. The molecule has 1 aromatic carbocycles. The summed E-state index contributed by atoms with van der Waals surface area (Å²) < 4.78 is 5.15. The van der Waals surface area contributed by atoms with Gasteiger partial charge >= 0.3 is 0 Å². The number of ether oxygens (including phenoxy) is 1. The van der Waals surface area contributed by atoms with Crippen molar-refractivity contribution >= 4 is 0 Å². The minimum atomic E-state index is 0.601. The summed E-state index contributed by atoms with van der Waals surface area (Å²) in [7, 11) is 1.67. The van der Waals surface area contributed by atoms with Crippen molar-refractivity contribution in [3.8, 4) is 17.0 Å². The number of rotatable bonds is 4. The van der Waals surface area contributed by atoms with Crippen LogP contribution in [0, 0.1) is 5.92 Å². The standard InChI is InChI=1S/C15H18N2O/c1-11(2)8-13-9-15(17-10-16-13)12-4-6-14(18-3)7-5-12/h4-7,9-11H,8H2,1-3H3. The summed E-state index contributed by atoms with van der Waals surface area (Å²) in [5.74, 6) is 1.46. The minimum absolute atomic E-state index is 0.601. The highest BCUT2D eigenvalue weighted by Gasteiger charge is 2.04. The highest BCUT2D eigenvalue weighted by Crippen LogP contribution is 2.21. The number of hydrogen-bond donors (Lipinski definition) is 0. The Morgan fingerprint density at radius 2 is 1.83 bits per heavy atom. The van der Waals surface area contributed by atoms with Crippen molar-refractivity contribution in [1.82, 2.24) is 9.97 Å². The molecule has 0 atom stereocenters. The van der Waals surface area contributed by atoms with Crippen LogP contribution in [0.25, 0.3) is 11.3 Å². The van der Waals surface area contributed by atoms with Crippen molar-refractivity contribution in [3.63, 3.8) is 0 Å². The molecule has 2 rings (SSSR count). The topological polar surface area (TPSA) is 35.0 Å². The van der Waals surface area contributed by atoms with Crippen LogP contribution in [0.4, 0.5) is 0 Å². The van der Waals surface area contributed by atoms with E-state index in [9.17, 15) is 0 Å². The molecule has 0 N–H and O–H groups in total. The fourth-order valence-electron chi connectivity index (χ4n) is 1.85. The van der Waals surface area contributed by atoms with Crippen LogP contribution in [0.5, 0.6) is 5.75 Å². The van der Waals surface area contributed by atoms with E-state index >= 15 is 0 Å². The molecule has 1 heterocycles. The first-order valence-corrected chi connectivity index (χ1v) is 6.14. The molecule has 0 fully saturated rings. The highest BCUT2D eigenvalue weighted by molar-refractivity contribution is 5.60. The van der Waals surface area contributed by atoms with E-state index in [1.165, 1.54) is 0 Å². The Morgan fingerprint density at radius 3 is 2.44 bits per heavy atom. The maximum atomic E-state index is 5.15. The lowest BCUT2D eigenvalue weighted by Crippen LogP contribution is -1.98. The van der Waals surface area contributed by atoms with Gasteiger partial charge in [0.25, 0.3) is 0 Å². The first-order valence-electron chi connectivity index (χ1n) is 6.14. The number of benzene rings is 1. The average Bonchev–Trinajstić information content (AvgIpc) is 2.38. The molecule has 0 saturated carbocycles. The van der Waals surface area contributed by atoms with Crippen molar-refractivity contribution in [3.05, 3.63) is 42.4 Å². The third kappa shape index (κ3) is 3.06. The number of hydrogen-bond acceptors (Lipinski definition) is 3. The smallest absolute Gasteiger partial charge is 0.118 e. The zero-order chi connectivity index (χ0) is 13.0. The normalized spacial score (nSPS) is 10.7. The molecular weight excluding hydrogens is 224 g/mol. The molecule has 0 aliphatic heterocycles. The van der Waals surface area contributed by atoms with Crippen LogP contribution in [0.3, 0.4) is 0 Å². The predicted octanol–water partition coefficient (Wildman–Crippen LogP) is 3.35. The van der Waals surface area contributed by atoms with Crippen molar-refractivity contribution in [2.24, 2.45) is 5.92 Å². The van der Waals surface area contributed by atoms with Gasteiger partial charge in [-0.25, -0.2) is 9.97 Å². The molecule has 0 bridgehead atoms. The second-order valence-electron chi connectivity index (χ2n) is 4.72. The lowest BCUT2D eigenvalue weighted by Gasteiger charge is -2.06. The lowest BCUT2D eigenvalue weighted by molar-refractivity contribution is 0.415. The summed E-state index contributed by atoms with van der Waals surface area (Å²) in [5, 5.41) is 0. The second kappa shape index (κ2) is 5.63. The number of nitrogens with zero attached hydrogens (tertiary/aromatic N) is 2. The quantitative estimate of drug-likeness (QED) is 0.824. The summed E-state index contributed by atoms with van der Waals surface area (Å²) in [6.45, 7) is 4.38. The van der Waals surface area contributed by atoms with Gasteiger partial charge in [-0.1, -0.05) is 13.8 Å². The van der Waals surface area contributed by atoms with E-state index in [2.05, 4.69) is 29.9 Å². The van der Waals surface area contributed by atoms with Crippen LogP contribution in [-0.4, -0.2) is 17.1 Å². The molecule has 0 aliphatic rings. The van der Waals surface area contributed by atoms with Crippen molar-refractivity contribution < 1.29 is 4.74 Å². The van der Waals surface area contributed by atoms with E-state index in [0.29, 0.717) is 5.92 Å². The van der Waals surface area contributed by atoms with Gasteiger partial charge in [0.15, 0.2) is 0 Å². The summed E-state index contributed by atoms with van der Waals surface area (Å²) in [6, 6.07) is 9.97. The Balaban J connectivity index is 2.26. The zero-order valence-electron chi connectivity index (χ0n) is 11.1. The van der Waals surface area contributed by atoms with Crippen LogP contribution >= 0.6 is 0 Å². The van der Waals surface area contributed by atoms with E-state index in [1.807, 2.05) is 24.3 Å². The molecule has 1 aromatic heterocycles. The van der Waals surface area contributed by atoms with E-state index in [4.69, 9.17) is 4.74 Å². The van der Waals surface area contributed by atoms with Crippen molar-refractivity contribution in [1.29, 1.82) is 0 Å². The second-order valence-corrected chi connectivity index (χ2v) is 4.72. The third-order valence-electron chi connectivity index (χ3n) is 2.73. The molecule has 0 radical (unpaired) electrons. The van der Waals surface area contributed by atoms with Gasteiger partial charge in [0.1, 0.15) is 12.1 Å². The molecular formula is C15H18N2O. The Hall–Kier alpha value is -1.90. The van der Waals surface area contributed by atoms with Crippen molar-refractivity contribution in [2.45, 2.75) is 20.3 Å². The first-order chi connectivity index (χ1) is 8.69. The molecule has 3 nitrogen and oxygen atoms in total. The van der Waals surface area contributed by atoms with Gasteiger partial charge in [-0.15, -0.1) is 0 Å². The van der Waals surface area contributed by atoms with Crippen LogP contribution in [0.15, 0.2) is 36.7 Å². The van der Waals surface area contributed by atoms with Gasteiger partial charge in [0.05, 0.1) is 12.8 Å². The molecule has 94 valence electrons. The fourth-order valence-corrected chi connectivity index (χ4v) is 1.85.